The summed E-state index contributed by atoms with van der Waals surface area (Å²) in [4.78, 5) is 28.1. The summed E-state index contributed by atoms with van der Waals surface area (Å²) < 4.78 is 0. The maximum Gasteiger partial charge on any atom is 0.242 e. The van der Waals surface area contributed by atoms with Gasteiger partial charge in [0.05, 0.1) is 15.8 Å². The molecule has 0 bridgehead atoms. The molecule has 0 aliphatic heterocycles. The third-order valence-electron chi connectivity index (χ3n) is 4.44. The van der Waals surface area contributed by atoms with Crippen molar-refractivity contribution in [3.63, 3.8) is 0 Å². The quantitative estimate of drug-likeness (QED) is 0.522. The molecule has 29 heavy (non-hydrogen) atoms. The second-order valence-electron chi connectivity index (χ2n) is 6.84. The molecule has 0 radical (unpaired) electrons. The van der Waals surface area contributed by atoms with Crippen molar-refractivity contribution in [1.82, 2.24) is 10.2 Å². The topological polar surface area (TPSA) is 49.4 Å². The molecule has 0 saturated carbocycles. The van der Waals surface area contributed by atoms with Gasteiger partial charge in [0, 0.05) is 18.0 Å². The Bertz CT molecular complexity index is 843. The number of amides is 2. The SMILES string of the molecule is CCCNC(=O)[C@H](C)N(Cc1ccc(Cl)c(Cl)c1)C(=O)CSc1ccc(C)cc1. The second-order valence-corrected chi connectivity index (χ2v) is 8.70. The van der Waals surface area contributed by atoms with Crippen molar-refractivity contribution >= 4 is 46.8 Å². The minimum absolute atomic E-state index is 0.110. The van der Waals surface area contributed by atoms with Crippen LogP contribution in [0.5, 0.6) is 0 Å². The first-order chi connectivity index (χ1) is 13.8. The zero-order valence-corrected chi connectivity index (χ0v) is 19.2. The van der Waals surface area contributed by atoms with Crippen LogP contribution < -0.4 is 5.32 Å². The highest BCUT2D eigenvalue weighted by molar-refractivity contribution is 8.00. The van der Waals surface area contributed by atoms with E-state index >= 15 is 0 Å². The Morgan fingerprint density at radius 2 is 1.79 bits per heavy atom. The zero-order valence-electron chi connectivity index (χ0n) is 16.9. The summed E-state index contributed by atoms with van der Waals surface area (Å²) in [6, 6.07) is 12.7. The Hall–Kier alpha value is -1.69. The Balaban J connectivity index is 2.15. The molecule has 0 saturated heterocycles. The largest absolute Gasteiger partial charge is 0.354 e. The first-order valence-corrected chi connectivity index (χ1v) is 11.3. The molecule has 2 amide bonds. The van der Waals surface area contributed by atoms with Gasteiger partial charge in [-0.1, -0.05) is 53.9 Å². The van der Waals surface area contributed by atoms with Gasteiger partial charge >= 0.3 is 0 Å². The summed E-state index contributed by atoms with van der Waals surface area (Å²) in [7, 11) is 0. The molecule has 1 N–H and O–H groups in total. The molecule has 0 heterocycles. The van der Waals surface area contributed by atoms with Crippen molar-refractivity contribution in [3.05, 3.63) is 63.6 Å². The van der Waals surface area contributed by atoms with Crippen molar-refractivity contribution in [3.8, 4) is 0 Å². The molecule has 1 atom stereocenters. The van der Waals surface area contributed by atoms with Crippen LogP contribution in [0.3, 0.4) is 0 Å². The van der Waals surface area contributed by atoms with Gasteiger partial charge in [-0.3, -0.25) is 9.59 Å². The van der Waals surface area contributed by atoms with Crippen LogP contribution in [0.1, 0.15) is 31.4 Å². The predicted molar refractivity (Wildman–Crippen MR) is 122 cm³/mol. The molecule has 4 nitrogen and oxygen atoms in total. The van der Waals surface area contributed by atoms with E-state index in [0.29, 0.717) is 16.6 Å². The number of hydrogen-bond donors (Lipinski definition) is 1. The van der Waals surface area contributed by atoms with E-state index in [9.17, 15) is 9.59 Å². The molecule has 0 spiro atoms. The Morgan fingerprint density at radius 1 is 1.10 bits per heavy atom. The van der Waals surface area contributed by atoms with Crippen LogP contribution in [0.15, 0.2) is 47.4 Å². The standard InChI is InChI=1S/C22H26Cl2N2O2S/c1-4-11-25-22(28)16(3)26(13-17-7-10-19(23)20(24)12-17)21(27)14-29-18-8-5-15(2)6-9-18/h5-10,12,16H,4,11,13-14H2,1-3H3,(H,25,28)/t16-/m0/s1. The lowest BCUT2D eigenvalue weighted by Gasteiger charge is -2.29. The highest BCUT2D eigenvalue weighted by Crippen LogP contribution is 2.25. The molecule has 0 unspecified atom stereocenters. The fourth-order valence-corrected chi connectivity index (χ4v) is 3.78. The number of benzene rings is 2. The molecule has 156 valence electrons. The van der Waals surface area contributed by atoms with E-state index in [2.05, 4.69) is 5.32 Å². The van der Waals surface area contributed by atoms with Crippen LogP contribution in [-0.4, -0.2) is 35.1 Å². The van der Waals surface area contributed by atoms with Gasteiger partial charge in [0.15, 0.2) is 0 Å². The number of carbonyl (C=O) groups excluding carboxylic acids is 2. The second kappa shape index (κ2) is 11.5. The Morgan fingerprint density at radius 3 is 2.41 bits per heavy atom. The number of aryl methyl sites for hydroxylation is 1. The van der Waals surface area contributed by atoms with Gasteiger partial charge < -0.3 is 10.2 Å². The van der Waals surface area contributed by atoms with Gasteiger partial charge in [0.1, 0.15) is 6.04 Å². The van der Waals surface area contributed by atoms with Gasteiger partial charge in [0.25, 0.3) is 0 Å². The fourth-order valence-electron chi connectivity index (χ4n) is 2.68. The van der Waals surface area contributed by atoms with Crippen molar-refractivity contribution in [2.45, 2.75) is 44.7 Å². The van der Waals surface area contributed by atoms with Crippen LogP contribution in [0, 0.1) is 6.92 Å². The third-order valence-corrected chi connectivity index (χ3v) is 6.17. The van der Waals surface area contributed by atoms with Gasteiger partial charge in [-0.2, -0.15) is 0 Å². The van der Waals surface area contributed by atoms with Gasteiger partial charge in [-0.15, -0.1) is 11.8 Å². The first-order valence-electron chi connectivity index (χ1n) is 9.52. The summed E-state index contributed by atoms with van der Waals surface area (Å²) in [6.07, 6.45) is 0.836. The maximum absolute atomic E-state index is 13.0. The van der Waals surface area contributed by atoms with Crippen molar-refractivity contribution in [2.24, 2.45) is 0 Å². The van der Waals surface area contributed by atoms with Crippen molar-refractivity contribution < 1.29 is 9.59 Å². The van der Waals surface area contributed by atoms with Crippen LogP contribution >= 0.6 is 35.0 Å². The number of halogens is 2. The molecule has 0 fully saturated rings. The molecular weight excluding hydrogens is 427 g/mol. The highest BCUT2D eigenvalue weighted by Gasteiger charge is 2.26. The summed E-state index contributed by atoms with van der Waals surface area (Å²) in [5, 5.41) is 3.75. The maximum atomic E-state index is 13.0. The zero-order chi connectivity index (χ0) is 21.4. The summed E-state index contributed by atoms with van der Waals surface area (Å²) in [6.45, 7) is 6.62. The van der Waals surface area contributed by atoms with E-state index < -0.39 is 6.04 Å². The van der Waals surface area contributed by atoms with Crippen LogP contribution in [0.2, 0.25) is 10.0 Å². The van der Waals surface area contributed by atoms with Crippen LogP contribution in [0.25, 0.3) is 0 Å². The molecule has 2 aromatic rings. The lowest BCUT2D eigenvalue weighted by Crippen LogP contribution is -2.48. The molecule has 0 aromatic heterocycles. The van der Waals surface area contributed by atoms with E-state index in [1.54, 1.807) is 24.0 Å². The monoisotopic (exact) mass is 452 g/mol. The number of nitrogens with one attached hydrogen (secondary N) is 1. The number of thioether (sulfide) groups is 1. The van der Waals surface area contributed by atoms with E-state index in [4.69, 9.17) is 23.2 Å². The van der Waals surface area contributed by atoms with Gasteiger partial charge in [-0.05, 0) is 50.1 Å². The van der Waals surface area contributed by atoms with E-state index in [-0.39, 0.29) is 24.1 Å². The summed E-state index contributed by atoms with van der Waals surface area (Å²) >= 11 is 13.6. The summed E-state index contributed by atoms with van der Waals surface area (Å²) in [5.41, 5.74) is 1.99. The van der Waals surface area contributed by atoms with Crippen molar-refractivity contribution in [2.75, 3.05) is 12.3 Å². The van der Waals surface area contributed by atoms with Crippen LogP contribution in [0.4, 0.5) is 0 Å². The number of rotatable bonds is 9. The molecule has 0 aliphatic carbocycles. The minimum Gasteiger partial charge on any atom is -0.354 e. The molecule has 7 heteroatoms. The molecule has 2 rings (SSSR count). The average molecular weight is 453 g/mol. The number of nitrogens with zero attached hydrogens (tertiary/aromatic N) is 1. The smallest absolute Gasteiger partial charge is 0.242 e. The summed E-state index contributed by atoms with van der Waals surface area (Å²) in [5.74, 6) is -0.0307. The van der Waals surface area contributed by atoms with Gasteiger partial charge in [-0.25, -0.2) is 0 Å². The van der Waals surface area contributed by atoms with E-state index in [0.717, 1.165) is 16.9 Å². The van der Waals surface area contributed by atoms with Crippen molar-refractivity contribution in [1.29, 1.82) is 0 Å². The lowest BCUT2D eigenvalue weighted by atomic mass is 10.1. The van der Waals surface area contributed by atoms with Gasteiger partial charge in [0.2, 0.25) is 11.8 Å². The van der Waals surface area contributed by atoms with E-state index in [1.165, 1.54) is 17.3 Å². The highest BCUT2D eigenvalue weighted by atomic mass is 35.5. The average Bonchev–Trinajstić information content (AvgIpc) is 2.71. The normalized spacial score (nSPS) is 11.8. The minimum atomic E-state index is -0.595. The number of carbonyl (C=O) groups is 2. The fraction of sp³-hybridized carbons (Fsp3) is 0.364. The first kappa shape index (κ1) is 23.6. The molecule has 2 aromatic carbocycles. The van der Waals surface area contributed by atoms with Crippen LogP contribution in [-0.2, 0) is 16.1 Å². The van der Waals surface area contributed by atoms with E-state index in [1.807, 2.05) is 44.2 Å². The third kappa shape index (κ3) is 7.25. The Kier molecular flexibility index (Phi) is 9.34. The predicted octanol–water partition coefficient (Wildman–Crippen LogP) is 5.34. The lowest BCUT2D eigenvalue weighted by molar-refractivity contribution is -0.138. The molecular formula is C22H26Cl2N2O2S. The Labute approximate surface area is 187 Å². The number of hydrogen-bond acceptors (Lipinski definition) is 3. The molecule has 0 aliphatic rings.